The lowest BCUT2D eigenvalue weighted by Gasteiger charge is -2.23. The summed E-state index contributed by atoms with van der Waals surface area (Å²) in [5.74, 6) is 1.66. The minimum absolute atomic E-state index is 0.705. The first-order valence-corrected chi connectivity index (χ1v) is 8.32. The maximum absolute atomic E-state index is 5.62. The Labute approximate surface area is 133 Å². The molecule has 0 atom stereocenters. The summed E-state index contributed by atoms with van der Waals surface area (Å²) < 4.78 is 5.62. The van der Waals surface area contributed by atoms with Crippen LogP contribution in [0.1, 0.15) is 36.8 Å². The van der Waals surface area contributed by atoms with Crippen molar-refractivity contribution in [1.29, 1.82) is 0 Å². The third-order valence-corrected chi connectivity index (χ3v) is 4.52. The molecule has 2 nitrogen and oxygen atoms in total. The summed E-state index contributed by atoms with van der Waals surface area (Å²) in [4.78, 5) is 0. The molecule has 0 spiro atoms. The van der Waals surface area contributed by atoms with Crippen molar-refractivity contribution in [1.82, 2.24) is 5.32 Å². The molecule has 1 saturated heterocycles. The van der Waals surface area contributed by atoms with Crippen LogP contribution in [0.15, 0.2) is 42.5 Å². The highest BCUT2D eigenvalue weighted by Gasteiger charge is 2.16. The molecule has 0 saturated carbocycles. The SMILES string of the molecule is CCOc1cccc(-c2ccc(C3CCNCC3)cc2C)c1. The minimum atomic E-state index is 0.705. The zero-order chi connectivity index (χ0) is 15.4. The summed E-state index contributed by atoms with van der Waals surface area (Å²) in [6, 6.07) is 15.3. The summed E-state index contributed by atoms with van der Waals surface area (Å²) in [5, 5.41) is 3.44. The molecule has 116 valence electrons. The average Bonchev–Trinajstić information content (AvgIpc) is 2.56. The van der Waals surface area contributed by atoms with Gasteiger partial charge in [-0.15, -0.1) is 0 Å². The Hall–Kier alpha value is -1.80. The molecule has 3 rings (SSSR count). The van der Waals surface area contributed by atoms with Gasteiger partial charge in [-0.1, -0.05) is 30.3 Å². The zero-order valence-corrected chi connectivity index (χ0v) is 13.6. The molecule has 1 aliphatic heterocycles. The molecule has 0 aromatic heterocycles. The van der Waals surface area contributed by atoms with Crippen LogP contribution in [0.4, 0.5) is 0 Å². The summed E-state index contributed by atoms with van der Waals surface area (Å²) in [6.45, 7) is 7.22. The normalized spacial score (nSPS) is 15.7. The number of ether oxygens (including phenoxy) is 1. The topological polar surface area (TPSA) is 21.3 Å². The van der Waals surface area contributed by atoms with Crippen LogP contribution >= 0.6 is 0 Å². The fraction of sp³-hybridized carbons (Fsp3) is 0.400. The number of benzene rings is 2. The molecule has 0 unspecified atom stereocenters. The molecular weight excluding hydrogens is 270 g/mol. The Morgan fingerprint density at radius 3 is 2.64 bits per heavy atom. The molecule has 1 fully saturated rings. The van der Waals surface area contributed by atoms with E-state index in [4.69, 9.17) is 4.74 Å². The van der Waals surface area contributed by atoms with Crippen molar-refractivity contribution < 1.29 is 4.74 Å². The number of rotatable bonds is 4. The number of hydrogen-bond donors (Lipinski definition) is 1. The van der Waals surface area contributed by atoms with Gasteiger partial charge in [-0.05, 0) is 80.1 Å². The highest BCUT2D eigenvalue weighted by Crippen LogP contribution is 2.31. The first kappa shape index (κ1) is 15.1. The van der Waals surface area contributed by atoms with Gasteiger partial charge in [0.1, 0.15) is 5.75 Å². The molecule has 0 radical (unpaired) electrons. The number of hydrogen-bond acceptors (Lipinski definition) is 2. The third-order valence-electron chi connectivity index (χ3n) is 4.52. The standard InChI is InChI=1S/C20H25NO/c1-3-22-19-6-4-5-18(14-19)20-8-7-17(13-15(20)2)16-9-11-21-12-10-16/h4-8,13-14,16,21H,3,9-12H2,1-2H3. The maximum Gasteiger partial charge on any atom is 0.119 e. The van der Waals surface area contributed by atoms with Crippen molar-refractivity contribution in [3.8, 4) is 16.9 Å². The Kier molecular flexibility index (Phi) is 4.79. The molecule has 1 heterocycles. The van der Waals surface area contributed by atoms with E-state index in [1.54, 1.807) is 0 Å². The van der Waals surface area contributed by atoms with Crippen molar-refractivity contribution in [2.24, 2.45) is 0 Å². The van der Waals surface area contributed by atoms with Crippen molar-refractivity contribution in [3.63, 3.8) is 0 Å². The Morgan fingerprint density at radius 2 is 1.91 bits per heavy atom. The van der Waals surface area contributed by atoms with Crippen molar-refractivity contribution in [3.05, 3.63) is 53.6 Å². The molecule has 2 aromatic rings. The maximum atomic E-state index is 5.62. The van der Waals surface area contributed by atoms with Gasteiger partial charge < -0.3 is 10.1 Å². The molecule has 2 aromatic carbocycles. The van der Waals surface area contributed by atoms with E-state index in [1.165, 1.54) is 35.1 Å². The minimum Gasteiger partial charge on any atom is -0.494 e. The first-order valence-electron chi connectivity index (χ1n) is 8.32. The summed E-state index contributed by atoms with van der Waals surface area (Å²) >= 11 is 0. The number of nitrogens with one attached hydrogen (secondary N) is 1. The highest BCUT2D eigenvalue weighted by atomic mass is 16.5. The lowest BCUT2D eigenvalue weighted by Crippen LogP contribution is -2.26. The predicted molar refractivity (Wildman–Crippen MR) is 92.6 cm³/mol. The molecule has 2 heteroatoms. The fourth-order valence-electron chi connectivity index (χ4n) is 3.34. The molecule has 1 N–H and O–H groups in total. The molecule has 0 aliphatic carbocycles. The fourth-order valence-corrected chi connectivity index (χ4v) is 3.34. The second-order valence-electron chi connectivity index (χ2n) is 6.06. The highest BCUT2D eigenvalue weighted by molar-refractivity contribution is 5.69. The van der Waals surface area contributed by atoms with Crippen molar-refractivity contribution >= 4 is 0 Å². The predicted octanol–water partition coefficient (Wildman–Crippen LogP) is 4.53. The van der Waals surface area contributed by atoms with Gasteiger partial charge in [0, 0.05) is 0 Å². The molecule has 1 aliphatic rings. The van der Waals surface area contributed by atoms with E-state index in [0.29, 0.717) is 12.5 Å². The Morgan fingerprint density at radius 1 is 1.09 bits per heavy atom. The van der Waals surface area contributed by atoms with Crippen LogP contribution in [0.2, 0.25) is 0 Å². The smallest absolute Gasteiger partial charge is 0.119 e. The van der Waals surface area contributed by atoms with Crippen LogP contribution in [0.3, 0.4) is 0 Å². The van der Waals surface area contributed by atoms with Crippen LogP contribution in [0.25, 0.3) is 11.1 Å². The van der Waals surface area contributed by atoms with Crippen molar-refractivity contribution in [2.75, 3.05) is 19.7 Å². The average molecular weight is 295 g/mol. The van der Waals surface area contributed by atoms with Gasteiger partial charge in [-0.3, -0.25) is 0 Å². The summed E-state index contributed by atoms with van der Waals surface area (Å²) in [7, 11) is 0. The van der Waals surface area contributed by atoms with Gasteiger partial charge in [0.15, 0.2) is 0 Å². The van der Waals surface area contributed by atoms with E-state index < -0.39 is 0 Å². The van der Waals surface area contributed by atoms with E-state index >= 15 is 0 Å². The van der Waals surface area contributed by atoms with E-state index in [-0.39, 0.29) is 0 Å². The molecular formula is C20H25NO. The van der Waals surface area contributed by atoms with E-state index in [1.807, 2.05) is 13.0 Å². The van der Waals surface area contributed by atoms with Crippen LogP contribution < -0.4 is 10.1 Å². The second kappa shape index (κ2) is 6.97. The zero-order valence-electron chi connectivity index (χ0n) is 13.6. The summed E-state index contributed by atoms with van der Waals surface area (Å²) in [5.41, 5.74) is 5.38. The van der Waals surface area contributed by atoms with Crippen molar-refractivity contribution in [2.45, 2.75) is 32.6 Å². The quantitative estimate of drug-likeness (QED) is 0.895. The number of piperidine rings is 1. The van der Waals surface area contributed by atoms with Crippen LogP contribution in [-0.4, -0.2) is 19.7 Å². The van der Waals surface area contributed by atoms with Crippen LogP contribution in [0.5, 0.6) is 5.75 Å². The monoisotopic (exact) mass is 295 g/mol. The largest absolute Gasteiger partial charge is 0.494 e. The number of aryl methyl sites for hydroxylation is 1. The second-order valence-corrected chi connectivity index (χ2v) is 6.06. The van der Waals surface area contributed by atoms with E-state index in [2.05, 4.69) is 48.6 Å². The molecule has 0 bridgehead atoms. The van der Waals surface area contributed by atoms with Gasteiger partial charge in [-0.2, -0.15) is 0 Å². The van der Waals surface area contributed by atoms with E-state index in [9.17, 15) is 0 Å². The summed E-state index contributed by atoms with van der Waals surface area (Å²) in [6.07, 6.45) is 2.50. The Bertz CT molecular complexity index is 629. The van der Waals surface area contributed by atoms with Gasteiger partial charge in [0.25, 0.3) is 0 Å². The van der Waals surface area contributed by atoms with Gasteiger partial charge in [-0.25, -0.2) is 0 Å². The van der Waals surface area contributed by atoms with Gasteiger partial charge in [0.2, 0.25) is 0 Å². The molecule has 0 amide bonds. The van der Waals surface area contributed by atoms with Crippen LogP contribution in [0, 0.1) is 6.92 Å². The lowest BCUT2D eigenvalue weighted by atomic mass is 9.87. The van der Waals surface area contributed by atoms with Gasteiger partial charge >= 0.3 is 0 Å². The van der Waals surface area contributed by atoms with Gasteiger partial charge in [0.05, 0.1) is 6.61 Å². The molecule has 22 heavy (non-hydrogen) atoms. The van der Waals surface area contributed by atoms with E-state index in [0.717, 1.165) is 18.8 Å². The lowest BCUT2D eigenvalue weighted by molar-refractivity contribution is 0.340. The first-order chi connectivity index (χ1) is 10.8. The Balaban J connectivity index is 1.87. The van der Waals surface area contributed by atoms with Crippen LogP contribution in [-0.2, 0) is 0 Å². The third kappa shape index (κ3) is 3.33.